The number of aliphatic hydroxyl groups is 1. The van der Waals surface area contributed by atoms with Crippen LogP contribution in [0.4, 0.5) is 0 Å². The van der Waals surface area contributed by atoms with E-state index in [9.17, 15) is 4.79 Å². The van der Waals surface area contributed by atoms with Gasteiger partial charge in [0.1, 0.15) is 12.4 Å². The van der Waals surface area contributed by atoms with Crippen molar-refractivity contribution in [2.45, 2.75) is 18.9 Å². The van der Waals surface area contributed by atoms with Gasteiger partial charge in [-0.3, -0.25) is 4.79 Å². The number of hydrogen-bond donors (Lipinski definition) is 2. The van der Waals surface area contributed by atoms with Gasteiger partial charge in [0.15, 0.2) is 0 Å². The number of nitrogens with two attached hydrogens (primary N) is 1. The summed E-state index contributed by atoms with van der Waals surface area (Å²) in [5.74, 6) is 0.875. The van der Waals surface area contributed by atoms with Crippen LogP contribution in [-0.4, -0.2) is 42.2 Å². The van der Waals surface area contributed by atoms with Crippen LogP contribution < -0.4 is 10.5 Å². The maximum Gasteiger partial charge on any atom is 0.222 e. The van der Waals surface area contributed by atoms with E-state index >= 15 is 0 Å². The lowest BCUT2D eigenvalue weighted by atomic mass is 10.1. The van der Waals surface area contributed by atoms with Gasteiger partial charge in [0.2, 0.25) is 5.91 Å². The van der Waals surface area contributed by atoms with Crippen LogP contribution >= 0.6 is 0 Å². The normalized spacial score (nSPS) is 16.7. The Kier molecular flexibility index (Phi) is 4.76. The second kappa shape index (κ2) is 6.54. The number of hydrogen-bond acceptors (Lipinski definition) is 4. The molecule has 5 heteroatoms. The molecule has 1 aromatic carbocycles. The van der Waals surface area contributed by atoms with Crippen molar-refractivity contribution in [1.82, 2.24) is 4.90 Å². The van der Waals surface area contributed by atoms with Crippen LogP contribution in [0.25, 0.3) is 0 Å². The average molecular weight is 264 g/mol. The summed E-state index contributed by atoms with van der Waals surface area (Å²) in [7, 11) is 0. The molecule has 0 bridgehead atoms. The van der Waals surface area contributed by atoms with Crippen LogP contribution in [0.3, 0.4) is 0 Å². The zero-order valence-corrected chi connectivity index (χ0v) is 10.9. The minimum absolute atomic E-state index is 0.120. The minimum Gasteiger partial charge on any atom is -0.491 e. The second-order valence-electron chi connectivity index (χ2n) is 4.66. The molecule has 1 heterocycles. The van der Waals surface area contributed by atoms with E-state index in [1.807, 2.05) is 29.2 Å². The van der Waals surface area contributed by atoms with Crippen LogP contribution in [-0.2, 0) is 4.79 Å². The Bertz CT molecular complexity index is 436. The van der Waals surface area contributed by atoms with Crippen LogP contribution in [0.5, 0.6) is 5.75 Å². The molecule has 5 nitrogen and oxygen atoms in total. The minimum atomic E-state index is -0.440. The summed E-state index contributed by atoms with van der Waals surface area (Å²) >= 11 is 0. The van der Waals surface area contributed by atoms with Gasteiger partial charge in [-0.2, -0.15) is 0 Å². The number of ether oxygens (including phenoxy) is 1. The molecule has 1 atom stereocenters. The van der Waals surface area contributed by atoms with Gasteiger partial charge in [0.25, 0.3) is 0 Å². The first-order valence-corrected chi connectivity index (χ1v) is 6.58. The fourth-order valence-electron chi connectivity index (χ4n) is 2.22. The van der Waals surface area contributed by atoms with E-state index in [1.165, 1.54) is 0 Å². The van der Waals surface area contributed by atoms with E-state index in [0.29, 0.717) is 25.3 Å². The van der Waals surface area contributed by atoms with Gasteiger partial charge in [-0.1, -0.05) is 18.2 Å². The Labute approximate surface area is 113 Å². The van der Waals surface area contributed by atoms with Crippen molar-refractivity contribution < 1.29 is 14.6 Å². The van der Waals surface area contributed by atoms with Gasteiger partial charge in [0.05, 0.1) is 19.2 Å². The van der Waals surface area contributed by atoms with Gasteiger partial charge in [-0.25, -0.2) is 0 Å². The molecule has 0 radical (unpaired) electrons. The van der Waals surface area contributed by atoms with E-state index in [2.05, 4.69) is 0 Å². The molecule has 19 heavy (non-hydrogen) atoms. The van der Waals surface area contributed by atoms with E-state index in [-0.39, 0.29) is 12.5 Å². The Hall–Kier alpha value is -1.59. The van der Waals surface area contributed by atoms with Crippen molar-refractivity contribution >= 4 is 5.91 Å². The molecule has 0 saturated carbocycles. The largest absolute Gasteiger partial charge is 0.491 e. The Balaban J connectivity index is 1.90. The molecular weight excluding hydrogens is 244 g/mol. The first-order valence-electron chi connectivity index (χ1n) is 6.58. The smallest absolute Gasteiger partial charge is 0.222 e. The van der Waals surface area contributed by atoms with E-state index in [1.54, 1.807) is 0 Å². The number of para-hydroxylation sites is 1. The van der Waals surface area contributed by atoms with E-state index < -0.39 is 6.04 Å². The number of amides is 1. The van der Waals surface area contributed by atoms with Gasteiger partial charge in [-0.05, 0) is 12.5 Å². The van der Waals surface area contributed by atoms with Gasteiger partial charge < -0.3 is 20.5 Å². The third-order valence-corrected chi connectivity index (χ3v) is 3.31. The number of aliphatic hydroxyl groups excluding tert-OH is 1. The highest BCUT2D eigenvalue weighted by Gasteiger charge is 2.19. The van der Waals surface area contributed by atoms with Crippen molar-refractivity contribution in [1.29, 1.82) is 0 Å². The molecule has 1 saturated heterocycles. The van der Waals surface area contributed by atoms with Gasteiger partial charge in [-0.15, -0.1) is 0 Å². The van der Waals surface area contributed by atoms with Gasteiger partial charge >= 0.3 is 0 Å². The standard InChI is InChI=1S/C14H20N2O3/c15-12(10-17)11-4-1-2-5-13(11)19-9-8-16-7-3-6-14(16)18/h1-2,4-5,12,17H,3,6-10,15H2/t12-/m0/s1. The molecule has 0 spiro atoms. The number of nitrogens with zero attached hydrogens (tertiary/aromatic N) is 1. The molecule has 1 aliphatic heterocycles. The highest BCUT2D eigenvalue weighted by atomic mass is 16.5. The lowest BCUT2D eigenvalue weighted by molar-refractivity contribution is -0.128. The summed E-state index contributed by atoms with van der Waals surface area (Å²) in [6, 6.07) is 6.96. The fraction of sp³-hybridized carbons (Fsp3) is 0.500. The van der Waals surface area contributed by atoms with Crippen LogP contribution in [0.1, 0.15) is 24.4 Å². The molecule has 0 aromatic heterocycles. The second-order valence-corrected chi connectivity index (χ2v) is 4.66. The molecule has 1 aromatic rings. The molecule has 0 aliphatic carbocycles. The molecule has 1 fully saturated rings. The predicted octanol–water partition coefficient (Wildman–Crippen LogP) is 0.680. The lowest BCUT2D eigenvalue weighted by Gasteiger charge is -2.18. The maximum absolute atomic E-state index is 11.5. The van der Waals surface area contributed by atoms with Crippen molar-refractivity contribution in [3.8, 4) is 5.75 Å². The lowest BCUT2D eigenvalue weighted by Crippen LogP contribution is -2.29. The monoisotopic (exact) mass is 264 g/mol. The molecule has 104 valence electrons. The van der Waals surface area contributed by atoms with Crippen LogP contribution in [0, 0.1) is 0 Å². The summed E-state index contributed by atoms with van der Waals surface area (Å²) in [4.78, 5) is 13.3. The zero-order chi connectivity index (χ0) is 13.7. The molecule has 1 amide bonds. The fourth-order valence-corrected chi connectivity index (χ4v) is 2.22. The summed E-state index contributed by atoms with van der Waals surface area (Å²) in [5.41, 5.74) is 6.61. The third-order valence-electron chi connectivity index (χ3n) is 3.31. The topological polar surface area (TPSA) is 75.8 Å². The molecule has 0 unspecified atom stereocenters. The van der Waals surface area contributed by atoms with Crippen molar-refractivity contribution in [2.24, 2.45) is 5.73 Å². The molecular formula is C14H20N2O3. The Morgan fingerprint density at radius 1 is 1.42 bits per heavy atom. The molecule has 2 rings (SSSR count). The molecule has 1 aliphatic rings. The highest BCUT2D eigenvalue weighted by Crippen LogP contribution is 2.23. The zero-order valence-electron chi connectivity index (χ0n) is 10.9. The third kappa shape index (κ3) is 3.45. The van der Waals surface area contributed by atoms with E-state index in [4.69, 9.17) is 15.6 Å². The molecule has 3 N–H and O–H groups in total. The van der Waals surface area contributed by atoms with Crippen molar-refractivity contribution in [3.05, 3.63) is 29.8 Å². The summed E-state index contributed by atoms with van der Waals surface area (Å²) in [6.45, 7) is 1.74. The first kappa shape index (κ1) is 13.8. The Morgan fingerprint density at radius 3 is 2.89 bits per heavy atom. The van der Waals surface area contributed by atoms with Crippen LogP contribution in [0.15, 0.2) is 24.3 Å². The number of carbonyl (C=O) groups is 1. The quantitative estimate of drug-likeness (QED) is 0.792. The summed E-state index contributed by atoms with van der Waals surface area (Å²) in [6.07, 6.45) is 1.58. The van der Waals surface area contributed by atoms with E-state index in [0.717, 1.165) is 18.5 Å². The summed E-state index contributed by atoms with van der Waals surface area (Å²) < 4.78 is 5.69. The van der Waals surface area contributed by atoms with Crippen LogP contribution in [0.2, 0.25) is 0 Å². The summed E-state index contributed by atoms with van der Waals surface area (Å²) in [5, 5.41) is 9.11. The number of likely N-dealkylation sites (tertiary alicyclic amines) is 1. The SMILES string of the molecule is N[C@@H](CO)c1ccccc1OCCN1CCCC1=O. The maximum atomic E-state index is 11.5. The number of carbonyl (C=O) groups excluding carboxylic acids is 1. The number of benzene rings is 1. The van der Waals surface area contributed by atoms with Crippen molar-refractivity contribution in [3.63, 3.8) is 0 Å². The van der Waals surface area contributed by atoms with Gasteiger partial charge in [0, 0.05) is 18.5 Å². The highest BCUT2D eigenvalue weighted by molar-refractivity contribution is 5.78. The first-order chi connectivity index (χ1) is 9.22. The Morgan fingerprint density at radius 2 is 2.21 bits per heavy atom. The average Bonchev–Trinajstić information content (AvgIpc) is 2.84. The van der Waals surface area contributed by atoms with Crippen molar-refractivity contribution in [2.75, 3.05) is 26.3 Å². The predicted molar refractivity (Wildman–Crippen MR) is 71.8 cm³/mol. The number of rotatable bonds is 6.